The van der Waals surface area contributed by atoms with Crippen LogP contribution in [0.3, 0.4) is 0 Å². The first-order chi connectivity index (χ1) is 13.7. The lowest BCUT2D eigenvalue weighted by molar-refractivity contribution is -0.126. The summed E-state index contributed by atoms with van der Waals surface area (Å²) in [5, 5.41) is 3.51. The molecule has 0 radical (unpaired) electrons. The smallest absolute Gasteiger partial charge is 0.243 e. The molecule has 1 amide bonds. The fourth-order valence-electron chi connectivity index (χ4n) is 4.05. The number of benzene rings is 2. The molecular formula is C22H27ClN2O3S. The van der Waals surface area contributed by atoms with Crippen molar-refractivity contribution < 1.29 is 13.2 Å². The summed E-state index contributed by atoms with van der Waals surface area (Å²) in [6, 6.07) is 11.1. The van der Waals surface area contributed by atoms with Crippen molar-refractivity contribution in [2.45, 2.75) is 45.1 Å². The van der Waals surface area contributed by atoms with Gasteiger partial charge in [0.25, 0.3) is 0 Å². The number of carbonyl (C=O) groups is 1. The topological polar surface area (TPSA) is 66.5 Å². The molecule has 5 nitrogen and oxygen atoms in total. The van der Waals surface area contributed by atoms with E-state index in [2.05, 4.69) is 5.32 Å². The van der Waals surface area contributed by atoms with E-state index in [1.54, 1.807) is 6.07 Å². The third kappa shape index (κ3) is 4.82. The highest BCUT2D eigenvalue weighted by Gasteiger charge is 2.34. The Hall–Kier alpha value is -1.89. The van der Waals surface area contributed by atoms with Gasteiger partial charge in [0.1, 0.15) is 0 Å². The van der Waals surface area contributed by atoms with Crippen molar-refractivity contribution in [3.63, 3.8) is 0 Å². The number of rotatable bonds is 5. The molecule has 156 valence electrons. The van der Waals surface area contributed by atoms with Gasteiger partial charge in [-0.1, -0.05) is 47.5 Å². The van der Waals surface area contributed by atoms with Crippen molar-refractivity contribution in [1.82, 2.24) is 9.62 Å². The quantitative estimate of drug-likeness (QED) is 0.773. The number of hydrogen-bond acceptors (Lipinski definition) is 3. The zero-order valence-corrected chi connectivity index (χ0v) is 18.6. The van der Waals surface area contributed by atoms with Crippen LogP contribution in [0.2, 0.25) is 5.02 Å². The number of hydrogen-bond donors (Lipinski definition) is 1. The first kappa shape index (κ1) is 21.8. The van der Waals surface area contributed by atoms with Crippen LogP contribution in [0.25, 0.3) is 0 Å². The summed E-state index contributed by atoms with van der Waals surface area (Å²) >= 11 is 6.15. The number of aryl methyl sites for hydroxylation is 3. The SMILES string of the molecule is Cc1cc(C)c(S(=O)(=O)N2CCC[C@H](C(=O)NCc3ccccc3Cl)C2)c(C)c1. The van der Waals surface area contributed by atoms with Crippen molar-refractivity contribution in [1.29, 1.82) is 0 Å². The molecular weight excluding hydrogens is 408 g/mol. The van der Waals surface area contributed by atoms with Gasteiger partial charge in [0.15, 0.2) is 0 Å². The Morgan fingerprint density at radius 2 is 1.83 bits per heavy atom. The number of amides is 1. The second kappa shape index (κ2) is 8.86. The molecule has 0 unspecified atom stereocenters. The number of nitrogens with zero attached hydrogens (tertiary/aromatic N) is 1. The molecule has 1 saturated heterocycles. The molecule has 1 fully saturated rings. The van der Waals surface area contributed by atoms with Gasteiger partial charge in [0, 0.05) is 24.7 Å². The number of piperidine rings is 1. The van der Waals surface area contributed by atoms with Gasteiger partial charge in [0.05, 0.1) is 10.8 Å². The molecule has 0 spiro atoms. The highest BCUT2D eigenvalue weighted by molar-refractivity contribution is 7.89. The lowest BCUT2D eigenvalue weighted by Crippen LogP contribution is -2.45. The molecule has 0 bridgehead atoms. The molecule has 7 heteroatoms. The van der Waals surface area contributed by atoms with Gasteiger partial charge in [-0.15, -0.1) is 0 Å². The van der Waals surface area contributed by atoms with Crippen LogP contribution in [-0.2, 0) is 21.4 Å². The summed E-state index contributed by atoms with van der Waals surface area (Å²) in [5.41, 5.74) is 3.36. The Labute approximate surface area is 178 Å². The van der Waals surface area contributed by atoms with Gasteiger partial charge < -0.3 is 5.32 Å². The Morgan fingerprint density at radius 3 is 2.48 bits per heavy atom. The predicted molar refractivity (Wildman–Crippen MR) is 115 cm³/mol. The third-order valence-corrected chi connectivity index (χ3v) is 7.91. The minimum Gasteiger partial charge on any atom is -0.352 e. The fourth-order valence-corrected chi connectivity index (χ4v) is 6.18. The normalized spacial score (nSPS) is 17.9. The second-order valence-electron chi connectivity index (χ2n) is 7.74. The van der Waals surface area contributed by atoms with E-state index in [0.717, 1.165) is 22.3 Å². The fraction of sp³-hybridized carbons (Fsp3) is 0.409. The van der Waals surface area contributed by atoms with Gasteiger partial charge in [-0.3, -0.25) is 4.79 Å². The second-order valence-corrected chi connectivity index (χ2v) is 10.0. The molecule has 1 aliphatic rings. The summed E-state index contributed by atoms with van der Waals surface area (Å²) in [5.74, 6) is -0.505. The Morgan fingerprint density at radius 1 is 1.17 bits per heavy atom. The molecule has 2 aromatic carbocycles. The van der Waals surface area contributed by atoms with Crippen LogP contribution in [0.5, 0.6) is 0 Å². The van der Waals surface area contributed by atoms with Gasteiger partial charge in [-0.05, 0) is 56.4 Å². The standard InChI is InChI=1S/C22H27ClN2O3S/c1-15-11-16(2)21(17(3)12-15)29(27,28)25-10-6-8-19(14-25)22(26)24-13-18-7-4-5-9-20(18)23/h4-5,7,9,11-12,19H,6,8,10,13-14H2,1-3H3,(H,24,26)/t19-/m0/s1. The molecule has 1 aliphatic heterocycles. The Bertz CT molecular complexity index is 997. The van der Waals surface area contributed by atoms with Gasteiger partial charge in [-0.25, -0.2) is 8.42 Å². The van der Waals surface area contributed by atoms with E-state index in [-0.39, 0.29) is 18.4 Å². The molecule has 29 heavy (non-hydrogen) atoms. The maximum Gasteiger partial charge on any atom is 0.243 e. The van der Waals surface area contributed by atoms with Crippen molar-refractivity contribution in [2.75, 3.05) is 13.1 Å². The lowest BCUT2D eigenvalue weighted by atomic mass is 9.99. The van der Waals surface area contributed by atoms with E-state index in [4.69, 9.17) is 11.6 Å². The summed E-state index contributed by atoms with van der Waals surface area (Å²) in [6.07, 6.45) is 1.33. The van der Waals surface area contributed by atoms with E-state index in [1.165, 1.54) is 4.31 Å². The maximum atomic E-state index is 13.3. The summed E-state index contributed by atoms with van der Waals surface area (Å²) in [4.78, 5) is 13.1. The molecule has 1 N–H and O–H groups in total. The molecule has 1 heterocycles. The van der Waals surface area contributed by atoms with E-state index in [9.17, 15) is 13.2 Å². The van der Waals surface area contributed by atoms with Crippen LogP contribution in [0.1, 0.15) is 35.1 Å². The summed E-state index contributed by atoms with van der Waals surface area (Å²) in [7, 11) is -3.65. The van der Waals surface area contributed by atoms with E-state index < -0.39 is 10.0 Å². The predicted octanol–water partition coefficient (Wildman–Crippen LogP) is 3.98. The summed E-state index contributed by atoms with van der Waals surface area (Å²) < 4.78 is 28.1. The number of halogens is 1. The van der Waals surface area contributed by atoms with Crippen LogP contribution in [0, 0.1) is 26.7 Å². The zero-order valence-electron chi connectivity index (χ0n) is 17.0. The minimum absolute atomic E-state index is 0.137. The third-order valence-electron chi connectivity index (χ3n) is 5.37. The lowest BCUT2D eigenvalue weighted by Gasteiger charge is -2.32. The highest BCUT2D eigenvalue weighted by atomic mass is 35.5. The number of sulfonamides is 1. The van der Waals surface area contributed by atoms with Crippen LogP contribution in [0.4, 0.5) is 0 Å². The molecule has 0 aromatic heterocycles. The van der Waals surface area contributed by atoms with Crippen LogP contribution >= 0.6 is 11.6 Å². The molecule has 3 rings (SSSR count). The highest BCUT2D eigenvalue weighted by Crippen LogP contribution is 2.29. The summed E-state index contributed by atoms with van der Waals surface area (Å²) in [6.45, 7) is 6.57. The largest absolute Gasteiger partial charge is 0.352 e. The molecule has 1 atom stereocenters. The van der Waals surface area contributed by atoms with Crippen LogP contribution < -0.4 is 5.32 Å². The van der Waals surface area contributed by atoms with Gasteiger partial charge >= 0.3 is 0 Å². The molecule has 0 aliphatic carbocycles. The average Bonchev–Trinajstić information content (AvgIpc) is 2.66. The van der Waals surface area contributed by atoms with Gasteiger partial charge in [0.2, 0.25) is 15.9 Å². The van der Waals surface area contributed by atoms with E-state index in [0.29, 0.717) is 35.8 Å². The van der Waals surface area contributed by atoms with Crippen LogP contribution in [-0.4, -0.2) is 31.7 Å². The molecule has 2 aromatic rings. The van der Waals surface area contributed by atoms with Crippen molar-refractivity contribution in [3.05, 3.63) is 63.7 Å². The maximum absolute atomic E-state index is 13.3. The Balaban J connectivity index is 1.73. The van der Waals surface area contributed by atoms with E-state index in [1.807, 2.05) is 51.1 Å². The van der Waals surface area contributed by atoms with Crippen molar-refractivity contribution in [3.8, 4) is 0 Å². The van der Waals surface area contributed by atoms with Crippen molar-refractivity contribution in [2.24, 2.45) is 5.92 Å². The average molecular weight is 435 g/mol. The first-order valence-corrected chi connectivity index (χ1v) is 11.6. The molecule has 0 saturated carbocycles. The Kier molecular flexibility index (Phi) is 6.66. The number of nitrogens with one attached hydrogen (secondary N) is 1. The van der Waals surface area contributed by atoms with Crippen molar-refractivity contribution >= 4 is 27.5 Å². The minimum atomic E-state index is -3.65. The first-order valence-electron chi connectivity index (χ1n) is 9.79. The van der Waals surface area contributed by atoms with Crippen LogP contribution in [0.15, 0.2) is 41.3 Å². The van der Waals surface area contributed by atoms with Gasteiger partial charge in [-0.2, -0.15) is 4.31 Å². The monoisotopic (exact) mass is 434 g/mol. The number of carbonyl (C=O) groups excluding carboxylic acids is 1. The van der Waals surface area contributed by atoms with E-state index >= 15 is 0 Å². The zero-order chi connectivity index (χ0) is 21.2.